The molecule has 72 valence electrons. The largest absolute Gasteiger partial charge is 0.0842 e. The number of alkyl halides is 1. The summed E-state index contributed by atoms with van der Waals surface area (Å²) in [6.07, 6.45) is 0. The topological polar surface area (TPSA) is 0 Å². The van der Waals surface area contributed by atoms with Crippen molar-refractivity contribution < 1.29 is 0 Å². The molecule has 0 amide bonds. The maximum atomic E-state index is 3.65. The lowest BCUT2D eigenvalue weighted by molar-refractivity contribution is 1.04. The van der Waals surface area contributed by atoms with Gasteiger partial charge in [-0.25, -0.2) is 0 Å². The van der Waals surface area contributed by atoms with E-state index in [1.165, 1.54) is 27.8 Å². The van der Waals surface area contributed by atoms with Crippen molar-refractivity contribution in [1.29, 1.82) is 0 Å². The van der Waals surface area contributed by atoms with Gasteiger partial charge in [-0.1, -0.05) is 22.0 Å². The molecule has 0 saturated heterocycles. The fraction of sp³-hybridized carbons (Fsp3) is 0.500. The van der Waals surface area contributed by atoms with Gasteiger partial charge < -0.3 is 0 Å². The molecule has 0 aliphatic heterocycles. The van der Waals surface area contributed by atoms with E-state index in [1.54, 1.807) is 0 Å². The van der Waals surface area contributed by atoms with Crippen LogP contribution in [-0.4, -0.2) is 0 Å². The van der Waals surface area contributed by atoms with Gasteiger partial charge in [0.15, 0.2) is 0 Å². The molecule has 0 aliphatic rings. The van der Waals surface area contributed by atoms with Crippen molar-refractivity contribution in [1.82, 2.24) is 0 Å². The first-order chi connectivity index (χ1) is 5.95. The van der Waals surface area contributed by atoms with Crippen LogP contribution in [0.5, 0.6) is 0 Å². The summed E-state index contributed by atoms with van der Waals surface area (Å²) in [4.78, 5) is 0.450. The van der Waals surface area contributed by atoms with Crippen molar-refractivity contribution in [2.24, 2.45) is 0 Å². The van der Waals surface area contributed by atoms with E-state index < -0.39 is 0 Å². The molecule has 1 unspecified atom stereocenters. The van der Waals surface area contributed by atoms with Gasteiger partial charge in [-0.3, -0.25) is 0 Å². The molecule has 0 saturated carbocycles. The molecular weight excluding hydrogens is 224 g/mol. The number of rotatable bonds is 1. The van der Waals surface area contributed by atoms with Gasteiger partial charge in [0.25, 0.3) is 0 Å². The predicted molar refractivity (Wildman–Crippen MR) is 62.7 cm³/mol. The number of benzene rings is 1. The normalized spacial score (nSPS) is 13.1. The second kappa shape index (κ2) is 3.83. The van der Waals surface area contributed by atoms with Crippen LogP contribution in [0.3, 0.4) is 0 Å². The van der Waals surface area contributed by atoms with Gasteiger partial charge in [-0.05, 0) is 62.4 Å². The highest BCUT2D eigenvalue weighted by Crippen LogP contribution is 2.31. The van der Waals surface area contributed by atoms with E-state index in [1.807, 2.05) is 0 Å². The first-order valence-corrected chi connectivity index (χ1v) is 5.58. The zero-order chi connectivity index (χ0) is 10.2. The average molecular weight is 241 g/mol. The number of hydrogen-bond donors (Lipinski definition) is 0. The van der Waals surface area contributed by atoms with Gasteiger partial charge in [-0.15, -0.1) is 0 Å². The highest BCUT2D eigenvalue weighted by atomic mass is 79.9. The number of hydrogen-bond acceptors (Lipinski definition) is 0. The summed E-state index contributed by atoms with van der Waals surface area (Å²) in [5.41, 5.74) is 7.09. The molecule has 0 aliphatic carbocycles. The molecule has 1 heteroatoms. The van der Waals surface area contributed by atoms with Crippen molar-refractivity contribution in [2.45, 2.75) is 39.4 Å². The number of aryl methyl sites for hydroxylation is 2. The molecule has 0 heterocycles. The highest BCUT2D eigenvalue weighted by Gasteiger charge is 2.11. The molecule has 1 aromatic rings. The van der Waals surface area contributed by atoms with Crippen molar-refractivity contribution in [3.63, 3.8) is 0 Å². The lowest BCUT2D eigenvalue weighted by Gasteiger charge is -2.16. The Morgan fingerprint density at radius 1 is 1.00 bits per heavy atom. The zero-order valence-electron chi connectivity index (χ0n) is 9.03. The first-order valence-electron chi connectivity index (χ1n) is 4.66. The van der Waals surface area contributed by atoms with E-state index in [2.05, 4.69) is 56.6 Å². The van der Waals surface area contributed by atoms with E-state index >= 15 is 0 Å². The summed E-state index contributed by atoms with van der Waals surface area (Å²) in [7, 11) is 0. The molecule has 0 bridgehead atoms. The van der Waals surface area contributed by atoms with Crippen LogP contribution in [0.2, 0.25) is 0 Å². The van der Waals surface area contributed by atoms with Crippen molar-refractivity contribution >= 4 is 15.9 Å². The quantitative estimate of drug-likeness (QED) is 0.640. The molecule has 0 N–H and O–H groups in total. The van der Waals surface area contributed by atoms with Gasteiger partial charge >= 0.3 is 0 Å². The SMILES string of the molecule is Cc1cc(C)c(C)c(C(C)Br)c1C. The standard InChI is InChI=1S/C12H17Br/c1-7-6-8(2)10(4)12(9(7)3)11(5)13/h6,11H,1-5H3. The highest BCUT2D eigenvalue weighted by molar-refractivity contribution is 9.09. The van der Waals surface area contributed by atoms with Crippen LogP contribution < -0.4 is 0 Å². The first kappa shape index (κ1) is 10.8. The minimum Gasteiger partial charge on any atom is -0.0842 e. The summed E-state index contributed by atoms with van der Waals surface area (Å²) >= 11 is 3.65. The van der Waals surface area contributed by atoms with Crippen LogP contribution in [0.1, 0.15) is 39.6 Å². The molecule has 0 radical (unpaired) electrons. The molecular formula is C12H17Br. The Labute approximate surface area is 89.5 Å². The van der Waals surface area contributed by atoms with E-state index in [-0.39, 0.29) is 0 Å². The molecule has 1 rings (SSSR count). The third-order valence-electron chi connectivity index (χ3n) is 2.82. The summed E-state index contributed by atoms with van der Waals surface area (Å²) in [6, 6.07) is 2.27. The maximum absolute atomic E-state index is 3.65. The van der Waals surface area contributed by atoms with Gasteiger partial charge in [-0.2, -0.15) is 0 Å². The Bertz CT molecular complexity index is 298. The van der Waals surface area contributed by atoms with Crippen LogP contribution >= 0.6 is 15.9 Å². The molecule has 0 nitrogen and oxygen atoms in total. The fourth-order valence-electron chi connectivity index (χ4n) is 1.84. The molecule has 0 spiro atoms. The van der Waals surface area contributed by atoms with Gasteiger partial charge in [0.05, 0.1) is 0 Å². The van der Waals surface area contributed by atoms with Gasteiger partial charge in [0.1, 0.15) is 0 Å². The van der Waals surface area contributed by atoms with Crippen LogP contribution in [0.4, 0.5) is 0 Å². The smallest absolute Gasteiger partial charge is 0.0372 e. The Kier molecular flexibility index (Phi) is 3.18. The lowest BCUT2D eigenvalue weighted by Crippen LogP contribution is -1.99. The molecule has 0 fully saturated rings. The summed E-state index contributed by atoms with van der Waals surface area (Å²) < 4.78 is 0. The van der Waals surface area contributed by atoms with E-state index in [9.17, 15) is 0 Å². The Morgan fingerprint density at radius 3 is 1.69 bits per heavy atom. The monoisotopic (exact) mass is 240 g/mol. The second-order valence-corrected chi connectivity index (χ2v) is 5.16. The second-order valence-electron chi connectivity index (χ2n) is 3.79. The third kappa shape index (κ3) is 1.96. The third-order valence-corrected chi connectivity index (χ3v) is 3.28. The van der Waals surface area contributed by atoms with Crippen molar-refractivity contribution in [3.8, 4) is 0 Å². The van der Waals surface area contributed by atoms with Gasteiger partial charge in [0.2, 0.25) is 0 Å². The van der Waals surface area contributed by atoms with Gasteiger partial charge in [0, 0.05) is 4.83 Å². The molecule has 1 atom stereocenters. The zero-order valence-corrected chi connectivity index (χ0v) is 10.6. The lowest BCUT2D eigenvalue weighted by atomic mass is 9.93. The van der Waals surface area contributed by atoms with Crippen LogP contribution in [0, 0.1) is 27.7 Å². The van der Waals surface area contributed by atoms with Crippen molar-refractivity contribution in [3.05, 3.63) is 33.9 Å². The van der Waals surface area contributed by atoms with Crippen molar-refractivity contribution in [2.75, 3.05) is 0 Å². The fourth-order valence-corrected chi connectivity index (χ4v) is 2.53. The molecule has 1 aromatic carbocycles. The summed E-state index contributed by atoms with van der Waals surface area (Å²) in [5, 5.41) is 0. The Hall–Kier alpha value is -0.300. The summed E-state index contributed by atoms with van der Waals surface area (Å²) in [5.74, 6) is 0. The predicted octanol–water partition coefficient (Wildman–Crippen LogP) is 4.38. The van der Waals surface area contributed by atoms with E-state index in [0.29, 0.717) is 4.83 Å². The molecule has 13 heavy (non-hydrogen) atoms. The molecule has 0 aromatic heterocycles. The van der Waals surface area contributed by atoms with Crippen LogP contribution in [0.25, 0.3) is 0 Å². The summed E-state index contributed by atoms with van der Waals surface area (Å²) in [6.45, 7) is 11.0. The van der Waals surface area contributed by atoms with Crippen LogP contribution in [0.15, 0.2) is 6.07 Å². The van der Waals surface area contributed by atoms with E-state index in [0.717, 1.165) is 0 Å². The van der Waals surface area contributed by atoms with E-state index in [4.69, 9.17) is 0 Å². The minimum atomic E-state index is 0.450. The Balaban J connectivity index is 3.46. The number of halogens is 1. The maximum Gasteiger partial charge on any atom is 0.0372 e. The average Bonchev–Trinajstić information content (AvgIpc) is 2.01. The Morgan fingerprint density at radius 2 is 1.38 bits per heavy atom. The van der Waals surface area contributed by atoms with Crippen LogP contribution in [-0.2, 0) is 0 Å². The minimum absolute atomic E-state index is 0.450.